The first kappa shape index (κ1) is 11.6. The van der Waals surface area contributed by atoms with Gasteiger partial charge >= 0.3 is 0 Å². The average Bonchev–Trinajstić information content (AvgIpc) is 2.28. The third-order valence-electron chi connectivity index (χ3n) is 2.70. The Hall–Kier alpha value is -1.84. The van der Waals surface area contributed by atoms with Crippen LogP contribution in [-0.2, 0) is 9.59 Å². The summed E-state index contributed by atoms with van der Waals surface area (Å²) >= 11 is 0. The minimum Gasteiger partial charge on any atom is -0.493 e. The van der Waals surface area contributed by atoms with Gasteiger partial charge in [-0.05, 0) is 13.0 Å². The number of nitrogens with one attached hydrogen (secondary N) is 1. The van der Waals surface area contributed by atoms with E-state index in [1.165, 1.54) is 6.92 Å². The molecule has 0 spiro atoms. The van der Waals surface area contributed by atoms with Crippen LogP contribution in [0.3, 0.4) is 0 Å². The zero-order valence-electron chi connectivity index (χ0n) is 9.73. The number of hydrogen-bond donors (Lipinski definition) is 1. The van der Waals surface area contributed by atoms with Crippen LogP contribution < -0.4 is 10.1 Å². The molecule has 2 rings (SSSR count). The number of amides is 1. The summed E-state index contributed by atoms with van der Waals surface area (Å²) in [7, 11) is 0. The number of carbonyl (C=O) groups excluding carboxylic acids is 2. The summed E-state index contributed by atoms with van der Waals surface area (Å²) in [5.41, 5.74) is 0.982. The second-order valence-electron chi connectivity index (χ2n) is 4.17. The van der Waals surface area contributed by atoms with Crippen molar-refractivity contribution in [2.24, 2.45) is 0 Å². The molecule has 0 saturated carbocycles. The lowest BCUT2D eigenvalue weighted by Crippen LogP contribution is -2.32. The number of para-hydroxylation sites is 1. The van der Waals surface area contributed by atoms with Crippen molar-refractivity contribution in [2.45, 2.75) is 25.8 Å². The Balaban J connectivity index is 2.08. The fourth-order valence-corrected chi connectivity index (χ4v) is 1.96. The first-order chi connectivity index (χ1) is 8.16. The van der Waals surface area contributed by atoms with Crippen molar-refractivity contribution in [1.29, 1.82) is 0 Å². The standard InChI is InChI=1S/C13H15NO3/c1-9(15)8-13(16)14-11-6-7-17-12-5-3-2-4-10(11)12/h2-5,11H,6-8H2,1H3,(H,14,16). The maximum atomic E-state index is 11.6. The molecule has 0 fully saturated rings. The Morgan fingerprint density at radius 3 is 2.94 bits per heavy atom. The minimum absolute atomic E-state index is 0.0493. The molecule has 1 atom stereocenters. The number of ketones is 1. The maximum absolute atomic E-state index is 11.6. The summed E-state index contributed by atoms with van der Waals surface area (Å²) in [6.07, 6.45) is 0.681. The molecule has 1 aliphatic rings. The van der Waals surface area contributed by atoms with E-state index in [4.69, 9.17) is 4.74 Å². The van der Waals surface area contributed by atoms with Crippen molar-refractivity contribution in [2.75, 3.05) is 6.61 Å². The van der Waals surface area contributed by atoms with Crippen LogP contribution >= 0.6 is 0 Å². The summed E-state index contributed by atoms with van der Waals surface area (Å²) < 4.78 is 5.50. The van der Waals surface area contributed by atoms with Gasteiger partial charge in [-0.15, -0.1) is 0 Å². The van der Waals surface area contributed by atoms with Gasteiger partial charge in [-0.2, -0.15) is 0 Å². The van der Waals surface area contributed by atoms with E-state index >= 15 is 0 Å². The molecular weight excluding hydrogens is 218 g/mol. The first-order valence-corrected chi connectivity index (χ1v) is 5.67. The van der Waals surface area contributed by atoms with Crippen molar-refractivity contribution >= 4 is 11.7 Å². The zero-order valence-corrected chi connectivity index (χ0v) is 9.73. The van der Waals surface area contributed by atoms with E-state index in [2.05, 4.69) is 5.32 Å². The van der Waals surface area contributed by atoms with Gasteiger partial charge in [0, 0.05) is 12.0 Å². The summed E-state index contributed by atoms with van der Waals surface area (Å²) in [5.74, 6) is 0.467. The van der Waals surface area contributed by atoms with E-state index in [9.17, 15) is 9.59 Å². The highest BCUT2D eigenvalue weighted by Crippen LogP contribution is 2.31. The van der Waals surface area contributed by atoms with Crippen LogP contribution in [0.15, 0.2) is 24.3 Å². The average molecular weight is 233 g/mol. The molecule has 4 nitrogen and oxygen atoms in total. The molecule has 1 aromatic carbocycles. The largest absolute Gasteiger partial charge is 0.493 e. The van der Waals surface area contributed by atoms with E-state index in [1.807, 2.05) is 24.3 Å². The first-order valence-electron chi connectivity index (χ1n) is 5.67. The molecule has 1 heterocycles. The highest BCUT2D eigenvalue weighted by Gasteiger charge is 2.22. The molecule has 4 heteroatoms. The summed E-state index contributed by atoms with van der Waals surface area (Å²) in [6, 6.07) is 7.59. The molecule has 17 heavy (non-hydrogen) atoms. The van der Waals surface area contributed by atoms with Crippen molar-refractivity contribution in [3.8, 4) is 5.75 Å². The van der Waals surface area contributed by atoms with Crippen molar-refractivity contribution in [1.82, 2.24) is 5.32 Å². The zero-order chi connectivity index (χ0) is 12.3. The molecule has 0 bridgehead atoms. The number of fused-ring (bicyclic) bond motifs is 1. The molecule has 0 aliphatic carbocycles. The summed E-state index contributed by atoms with van der Waals surface area (Å²) in [5, 5.41) is 2.87. The summed E-state index contributed by atoms with van der Waals surface area (Å²) in [6.45, 7) is 2.00. The van der Waals surface area contributed by atoms with Gasteiger partial charge in [0.2, 0.25) is 5.91 Å². The number of benzene rings is 1. The van der Waals surface area contributed by atoms with Crippen LogP contribution in [0.4, 0.5) is 0 Å². The number of hydrogen-bond acceptors (Lipinski definition) is 3. The molecular formula is C13H15NO3. The fourth-order valence-electron chi connectivity index (χ4n) is 1.96. The van der Waals surface area contributed by atoms with E-state index in [1.54, 1.807) is 0 Å². The van der Waals surface area contributed by atoms with Crippen LogP contribution in [0, 0.1) is 0 Å². The highest BCUT2D eigenvalue weighted by atomic mass is 16.5. The Morgan fingerprint density at radius 1 is 1.41 bits per heavy atom. The molecule has 0 aromatic heterocycles. The maximum Gasteiger partial charge on any atom is 0.227 e. The predicted molar refractivity (Wildman–Crippen MR) is 62.7 cm³/mol. The van der Waals surface area contributed by atoms with Gasteiger partial charge in [-0.25, -0.2) is 0 Å². The fraction of sp³-hybridized carbons (Fsp3) is 0.385. The topological polar surface area (TPSA) is 55.4 Å². The molecule has 1 amide bonds. The molecule has 1 N–H and O–H groups in total. The Labute approximate surface area is 100.0 Å². The lowest BCUT2D eigenvalue weighted by Gasteiger charge is -2.26. The Bertz CT molecular complexity index is 442. The third kappa shape index (κ3) is 2.84. The molecule has 1 aliphatic heterocycles. The van der Waals surface area contributed by atoms with Crippen LogP contribution in [0.5, 0.6) is 5.75 Å². The van der Waals surface area contributed by atoms with Gasteiger partial charge in [0.05, 0.1) is 19.1 Å². The van der Waals surface area contributed by atoms with Crippen LogP contribution in [-0.4, -0.2) is 18.3 Å². The smallest absolute Gasteiger partial charge is 0.227 e. The van der Waals surface area contributed by atoms with Gasteiger partial charge in [0.25, 0.3) is 0 Å². The lowest BCUT2D eigenvalue weighted by atomic mass is 10.0. The summed E-state index contributed by atoms with van der Waals surface area (Å²) in [4.78, 5) is 22.4. The van der Waals surface area contributed by atoms with Crippen LogP contribution in [0.1, 0.15) is 31.4 Å². The Kier molecular flexibility index (Phi) is 3.42. The quantitative estimate of drug-likeness (QED) is 0.807. The van der Waals surface area contributed by atoms with Gasteiger partial charge in [-0.1, -0.05) is 18.2 Å². The lowest BCUT2D eigenvalue weighted by molar-refractivity contribution is -0.127. The second kappa shape index (κ2) is 4.99. The van der Waals surface area contributed by atoms with E-state index in [0.717, 1.165) is 17.7 Å². The van der Waals surface area contributed by atoms with Crippen molar-refractivity contribution in [3.05, 3.63) is 29.8 Å². The molecule has 0 radical (unpaired) electrons. The minimum atomic E-state index is -0.223. The highest BCUT2D eigenvalue weighted by molar-refractivity contribution is 5.96. The van der Waals surface area contributed by atoms with Crippen molar-refractivity contribution < 1.29 is 14.3 Å². The van der Waals surface area contributed by atoms with Gasteiger partial charge < -0.3 is 10.1 Å². The normalized spacial score (nSPS) is 17.8. The SMILES string of the molecule is CC(=O)CC(=O)NC1CCOc2ccccc21. The number of carbonyl (C=O) groups is 2. The third-order valence-corrected chi connectivity index (χ3v) is 2.70. The van der Waals surface area contributed by atoms with Crippen LogP contribution in [0.25, 0.3) is 0 Å². The molecule has 0 saturated heterocycles. The van der Waals surface area contributed by atoms with Gasteiger partial charge in [0.1, 0.15) is 11.5 Å². The number of rotatable bonds is 3. The Morgan fingerprint density at radius 2 is 2.18 bits per heavy atom. The molecule has 1 unspecified atom stereocenters. The predicted octanol–water partition coefficient (Wildman–Crippen LogP) is 1.61. The van der Waals surface area contributed by atoms with E-state index < -0.39 is 0 Å². The number of Topliss-reactive ketones (excluding diaryl/α,β-unsaturated/α-hetero) is 1. The monoisotopic (exact) mass is 233 g/mol. The van der Waals surface area contributed by atoms with Crippen LogP contribution in [0.2, 0.25) is 0 Å². The second-order valence-corrected chi connectivity index (χ2v) is 4.17. The molecule has 90 valence electrons. The van der Waals surface area contributed by atoms with Crippen molar-refractivity contribution in [3.63, 3.8) is 0 Å². The van der Waals surface area contributed by atoms with Gasteiger partial charge in [0.15, 0.2) is 0 Å². The van der Waals surface area contributed by atoms with E-state index in [-0.39, 0.29) is 24.2 Å². The number of ether oxygens (including phenoxy) is 1. The van der Waals surface area contributed by atoms with Gasteiger partial charge in [-0.3, -0.25) is 9.59 Å². The molecule has 1 aromatic rings. The van der Waals surface area contributed by atoms with E-state index in [0.29, 0.717) is 6.61 Å².